The Labute approximate surface area is 187 Å². The Bertz CT molecular complexity index is 1230. The minimum absolute atomic E-state index is 0.0905. The van der Waals surface area contributed by atoms with Crippen molar-refractivity contribution in [1.82, 2.24) is 19.9 Å². The molecule has 1 saturated heterocycles. The topological polar surface area (TPSA) is 59.0 Å². The van der Waals surface area contributed by atoms with Gasteiger partial charge in [-0.3, -0.25) is 4.79 Å². The predicted molar refractivity (Wildman–Crippen MR) is 126 cm³/mol. The smallest absolute Gasteiger partial charge is 0.233 e. The van der Waals surface area contributed by atoms with Gasteiger partial charge in [-0.05, 0) is 51.3 Å². The fraction of sp³-hybridized carbons (Fsp3) is 0.364. The Morgan fingerprint density at radius 1 is 1.17 bits per heavy atom. The molecule has 0 saturated carbocycles. The largest absolute Gasteiger partial charge is 0.332 e. The molecule has 1 aliphatic rings. The van der Waals surface area contributed by atoms with Gasteiger partial charge in [0, 0.05) is 16.8 Å². The number of rotatable bonds is 4. The molecule has 1 unspecified atom stereocenters. The summed E-state index contributed by atoms with van der Waals surface area (Å²) in [5.41, 5.74) is 2.24. The van der Waals surface area contributed by atoms with Crippen LogP contribution in [0.5, 0.6) is 0 Å². The molecule has 8 heteroatoms. The average Bonchev–Trinajstić information content (AvgIpc) is 3.43. The molecular formula is C22H22N4OS3. The van der Waals surface area contributed by atoms with Gasteiger partial charge in [-0.15, -0.1) is 22.7 Å². The number of thioether (sulfide) groups is 1. The number of fused-ring (bicyclic) bond motifs is 2. The highest BCUT2D eigenvalue weighted by molar-refractivity contribution is 8.00. The average molecular weight is 455 g/mol. The van der Waals surface area contributed by atoms with Crippen molar-refractivity contribution in [2.45, 2.75) is 44.7 Å². The maximum atomic E-state index is 13.2. The molecule has 4 heterocycles. The molecule has 1 aliphatic heterocycles. The number of carbonyl (C=O) groups excluding carboxylic acids is 1. The van der Waals surface area contributed by atoms with E-state index in [1.807, 2.05) is 30.0 Å². The van der Waals surface area contributed by atoms with Gasteiger partial charge in [0.15, 0.2) is 0 Å². The summed E-state index contributed by atoms with van der Waals surface area (Å²) in [4.78, 5) is 31.5. The van der Waals surface area contributed by atoms with Crippen LogP contribution in [0.15, 0.2) is 29.3 Å². The molecule has 0 bridgehead atoms. The number of likely N-dealkylation sites (tertiary alicyclic amines) is 1. The van der Waals surface area contributed by atoms with E-state index in [9.17, 15) is 4.79 Å². The second-order valence-corrected chi connectivity index (χ2v) is 10.8. The fourth-order valence-corrected chi connectivity index (χ4v) is 7.26. The first-order chi connectivity index (χ1) is 14.5. The molecule has 1 aromatic carbocycles. The van der Waals surface area contributed by atoms with E-state index in [2.05, 4.69) is 29.9 Å². The van der Waals surface area contributed by atoms with Gasteiger partial charge >= 0.3 is 0 Å². The highest BCUT2D eigenvalue weighted by Gasteiger charge is 2.32. The van der Waals surface area contributed by atoms with Crippen LogP contribution in [-0.4, -0.2) is 38.1 Å². The third-order valence-electron chi connectivity index (χ3n) is 5.61. The molecule has 5 rings (SSSR count). The van der Waals surface area contributed by atoms with E-state index in [0.29, 0.717) is 5.75 Å². The summed E-state index contributed by atoms with van der Waals surface area (Å²) in [7, 11) is 0. The zero-order valence-corrected chi connectivity index (χ0v) is 19.6. The van der Waals surface area contributed by atoms with Crippen molar-refractivity contribution < 1.29 is 4.79 Å². The van der Waals surface area contributed by atoms with Gasteiger partial charge in [0.05, 0.1) is 22.0 Å². The maximum Gasteiger partial charge on any atom is 0.233 e. The van der Waals surface area contributed by atoms with Gasteiger partial charge in [-0.1, -0.05) is 23.9 Å². The summed E-state index contributed by atoms with van der Waals surface area (Å²) >= 11 is 4.94. The van der Waals surface area contributed by atoms with Crippen LogP contribution in [-0.2, 0) is 4.79 Å². The summed E-state index contributed by atoms with van der Waals surface area (Å²) < 4.78 is 1.18. The number of thiazole rings is 1. The van der Waals surface area contributed by atoms with Gasteiger partial charge in [0.1, 0.15) is 20.7 Å². The van der Waals surface area contributed by atoms with Crippen molar-refractivity contribution in [1.29, 1.82) is 0 Å². The number of aromatic nitrogens is 3. The zero-order chi connectivity index (χ0) is 20.8. The summed E-state index contributed by atoms with van der Waals surface area (Å²) in [5, 5.41) is 3.07. The van der Waals surface area contributed by atoms with Crippen molar-refractivity contribution in [3.63, 3.8) is 0 Å². The van der Waals surface area contributed by atoms with Crippen LogP contribution >= 0.6 is 34.4 Å². The minimum Gasteiger partial charge on any atom is -0.332 e. The molecule has 0 radical (unpaired) electrons. The molecule has 30 heavy (non-hydrogen) atoms. The third-order valence-corrected chi connectivity index (χ3v) is 8.81. The third kappa shape index (κ3) is 3.50. The number of carbonyl (C=O) groups is 1. The van der Waals surface area contributed by atoms with Crippen LogP contribution in [0, 0.1) is 20.8 Å². The molecular weight excluding hydrogens is 432 g/mol. The lowest BCUT2D eigenvalue weighted by atomic mass is 10.2. The summed E-state index contributed by atoms with van der Waals surface area (Å²) in [6.45, 7) is 6.94. The van der Waals surface area contributed by atoms with Gasteiger partial charge in [-0.25, -0.2) is 15.0 Å². The number of nitrogens with zero attached hydrogens (tertiary/aromatic N) is 4. The van der Waals surface area contributed by atoms with Gasteiger partial charge < -0.3 is 4.90 Å². The number of hydrogen-bond donors (Lipinski definition) is 0. The standard InChI is InChI=1S/C22H22N4OS3/c1-12-13(2)29-22-19(12)21(23-14(3)24-22)28-11-18(27)26-10-6-8-16(26)20-25-15-7-4-5-9-17(15)30-20/h4-5,7,9,16H,6,8,10-11H2,1-3H3. The summed E-state index contributed by atoms with van der Waals surface area (Å²) in [6.07, 6.45) is 2.01. The van der Waals surface area contributed by atoms with Gasteiger partial charge in [0.2, 0.25) is 5.91 Å². The fourth-order valence-electron chi connectivity index (χ4n) is 3.99. The van der Waals surface area contributed by atoms with E-state index < -0.39 is 0 Å². The van der Waals surface area contributed by atoms with Crippen molar-refractivity contribution in [2.75, 3.05) is 12.3 Å². The van der Waals surface area contributed by atoms with E-state index >= 15 is 0 Å². The Balaban J connectivity index is 1.37. The summed E-state index contributed by atoms with van der Waals surface area (Å²) in [5.74, 6) is 1.31. The lowest BCUT2D eigenvalue weighted by molar-refractivity contribution is -0.129. The monoisotopic (exact) mass is 454 g/mol. The molecule has 5 nitrogen and oxygen atoms in total. The molecule has 154 valence electrons. The highest BCUT2D eigenvalue weighted by atomic mass is 32.2. The second-order valence-electron chi connectivity index (χ2n) is 7.59. The molecule has 1 atom stereocenters. The van der Waals surface area contributed by atoms with Crippen molar-refractivity contribution in [2.24, 2.45) is 0 Å². The lowest BCUT2D eigenvalue weighted by Crippen LogP contribution is -2.31. The van der Waals surface area contributed by atoms with Crippen LogP contribution in [0.3, 0.4) is 0 Å². The Hall–Kier alpha value is -2.03. The van der Waals surface area contributed by atoms with Crippen LogP contribution in [0.2, 0.25) is 0 Å². The van der Waals surface area contributed by atoms with Crippen LogP contribution in [0.25, 0.3) is 20.4 Å². The van der Waals surface area contributed by atoms with Crippen molar-refractivity contribution in [3.05, 3.63) is 45.5 Å². The lowest BCUT2D eigenvalue weighted by Gasteiger charge is -2.23. The van der Waals surface area contributed by atoms with Gasteiger partial charge in [0.25, 0.3) is 0 Å². The number of amides is 1. The number of thiophene rings is 1. The minimum atomic E-state index is 0.0905. The van der Waals surface area contributed by atoms with Crippen LogP contribution < -0.4 is 0 Å². The molecule has 0 N–H and O–H groups in total. The Morgan fingerprint density at radius 2 is 2.00 bits per heavy atom. The number of benzene rings is 1. The zero-order valence-electron chi connectivity index (χ0n) is 17.1. The van der Waals surface area contributed by atoms with Gasteiger partial charge in [-0.2, -0.15) is 0 Å². The SMILES string of the molecule is Cc1nc(SCC(=O)N2CCCC2c2nc3ccccc3s2)c2c(C)c(C)sc2n1. The Morgan fingerprint density at radius 3 is 2.83 bits per heavy atom. The molecule has 0 aliphatic carbocycles. The quantitative estimate of drug-likeness (QED) is 0.293. The van der Waals surface area contributed by atoms with E-state index in [1.165, 1.54) is 26.9 Å². The molecule has 4 aromatic rings. The van der Waals surface area contributed by atoms with Crippen molar-refractivity contribution in [3.8, 4) is 0 Å². The summed E-state index contributed by atoms with van der Waals surface area (Å²) in [6, 6.07) is 8.28. The first-order valence-electron chi connectivity index (χ1n) is 10.0. The number of aryl methyl sites for hydroxylation is 3. The van der Waals surface area contributed by atoms with Crippen LogP contribution in [0.4, 0.5) is 0 Å². The molecule has 1 fully saturated rings. The number of para-hydroxylation sites is 1. The Kier molecular flexibility index (Phi) is 5.24. The van der Waals surface area contributed by atoms with E-state index in [-0.39, 0.29) is 11.9 Å². The maximum absolute atomic E-state index is 13.2. The second kappa shape index (κ2) is 7.90. The first kappa shape index (κ1) is 19.9. The van der Waals surface area contributed by atoms with Crippen LogP contribution in [0.1, 0.15) is 40.2 Å². The highest BCUT2D eigenvalue weighted by Crippen LogP contribution is 2.38. The predicted octanol–water partition coefficient (Wildman–Crippen LogP) is 5.68. The van der Waals surface area contributed by atoms with E-state index in [1.54, 1.807) is 22.7 Å². The molecule has 0 spiro atoms. The van der Waals surface area contributed by atoms with E-state index in [0.717, 1.165) is 51.0 Å². The molecule has 3 aromatic heterocycles. The normalized spacial score (nSPS) is 16.8. The first-order valence-corrected chi connectivity index (χ1v) is 12.6. The molecule has 1 amide bonds. The number of hydrogen-bond acceptors (Lipinski definition) is 7. The van der Waals surface area contributed by atoms with Crippen molar-refractivity contribution >= 4 is 60.8 Å². The van der Waals surface area contributed by atoms with E-state index in [4.69, 9.17) is 4.98 Å².